The Labute approximate surface area is 85.8 Å². The van der Waals surface area contributed by atoms with E-state index < -0.39 is 0 Å². The zero-order valence-corrected chi connectivity index (χ0v) is 9.53. The van der Waals surface area contributed by atoms with Crippen molar-refractivity contribution in [3.63, 3.8) is 0 Å². The van der Waals surface area contributed by atoms with Gasteiger partial charge in [0.15, 0.2) is 0 Å². The summed E-state index contributed by atoms with van der Waals surface area (Å²) in [5.41, 5.74) is 0. The van der Waals surface area contributed by atoms with Gasteiger partial charge in [-0.05, 0) is 25.0 Å². The van der Waals surface area contributed by atoms with Gasteiger partial charge in [0.05, 0.1) is 6.61 Å². The normalized spacial score (nSPS) is 24.9. The fraction of sp³-hybridized carbons (Fsp3) is 1.00. The van der Waals surface area contributed by atoms with Crippen LogP contribution in [0, 0.1) is 5.92 Å². The Hall–Kier alpha value is 0.270. The fourth-order valence-electron chi connectivity index (χ4n) is 1.60. The summed E-state index contributed by atoms with van der Waals surface area (Å²) in [6.07, 6.45) is 4.64. The Morgan fingerprint density at radius 1 is 1.62 bits per heavy atom. The summed E-state index contributed by atoms with van der Waals surface area (Å²) in [5, 5.41) is 3.61. The highest BCUT2D eigenvalue weighted by atomic mass is 32.2. The third-order valence-electron chi connectivity index (χ3n) is 2.58. The van der Waals surface area contributed by atoms with E-state index >= 15 is 0 Å². The molecule has 1 aliphatic heterocycles. The van der Waals surface area contributed by atoms with Gasteiger partial charge in [-0.2, -0.15) is 11.8 Å². The molecule has 2 nitrogen and oxygen atoms in total. The molecule has 2 unspecified atom stereocenters. The lowest BCUT2D eigenvalue weighted by Crippen LogP contribution is -2.34. The average Bonchev–Trinajstić information content (AvgIpc) is 2.64. The first-order valence-electron chi connectivity index (χ1n) is 5.16. The zero-order valence-electron chi connectivity index (χ0n) is 8.71. The Bertz CT molecular complexity index is 126. The first-order valence-corrected chi connectivity index (χ1v) is 6.56. The smallest absolute Gasteiger partial charge is 0.0507 e. The van der Waals surface area contributed by atoms with Crippen molar-refractivity contribution in [2.75, 3.05) is 31.8 Å². The van der Waals surface area contributed by atoms with Crippen LogP contribution < -0.4 is 5.32 Å². The van der Waals surface area contributed by atoms with Gasteiger partial charge in [-0.3, -0.25) is 0 Å². The molecule has 0 bridgehead atoms. The topological polar surface area (TPSA) is 21.3 Å². The van der Waals surface area contributed by atoms with E-state index in [2.05, 4.69) is 18.5 Å². The van der Waals surface area contributed by atoms with Crippen LogP contribution in [0.15, 0.2) is 0 Å². The maximum atomic E-state index is 5.34. The molecule has 0 amide bonds. The van der Waals surface area contributed by atoms with Crippen LogP contribution in [0.2, 0.25) is 0 Å². The lowest BCUT2D eigenvalue weighted by atomic mass is 10.1. The molecule has 1 saturated heterocycles. The van der Waals surface area contributed by atoms with Crippen LogP contribution in [-0.2, 0) is 4.74 Å². The minimum absolute atomic E-state index is 0.690. The highest BCUT2D eigenvalue weighted by Gasteiger charge is 2.16. The van der Waals surface area contributed by atoms with Crippen molar-refractivity contribution < 1.29 is 4.74 Å². The summed E-state index contributed by atoms with van der Waals surface area (Å²) in [4.78, 5) is 0. The molecule has 1 fully saturated rings. The minimum atomic E-state index is 0.690. The average molecular weight is 203 g/mol. The molecule has 1 rings (SSSR count). The number of hydrogen-bond acceptors (Lipinski definition) is 3. The molecule has 3 heteroatoms. The maximum absolute atomic E-state index is 5.34. The summed E-state index contributed by atoms with van der Waals surface area (Å²) in [6, 6.07) is 0.690. The number of rotatable bonds is 6. The first-order chi connectivity index (χ1) is 6.36. The van der Waals surface area contributed by atoms with Crippen molar-refractivity contribution in [1.29, 1.82) is 0 Å². The van der Waals surface area contributed by atoms with E-state index in [0.29, 0.717) is 6.04 Å². The molecule has 0 aliphatic carbocycles. The van der Waals surface area contributed by atoms with Crippen molar-refractivity contribution in [1.82, 2.24) is 5.32 Å². The Morgan fingerprint density at radius 2 is 2.46 bits per heavy atom. The zero-order chi connectivity index (χ0) is 9.52. The van der Waals surface area contributed by atoms with Gasteiger partial charge in [-0.1, -0.05) is 6.92 Å². The van der Waals surface area contributed by atoms with Crippen LogP contribution >= 0.6 is 11.8 Å². The van der Waals surface area contributed by atoms with E-state index in [0.717, 1.165) is 25.7 Å². The van der Waals surface area contributed by atoms with E-state index in [9.17, 15) is 0 Å². The van der Waals surface area contributed by atoms with Crippen molar-refractivity contribution in [2.45, 2.75) is 25.8 Å². The quantitative estimate of drug-likeness (QED) is 0.710. The summed E-state index contributed by atoms with van der Waals surface area (Å²) in [6.45, 7) is 5.31. The van der Waals surface area contributed by atoms with Crippen LogP contribution in [0.25, 0.3) is 0 Å². The van der Waals surface area contributed by atoms with E-state index in [1.807, 2.05) is 11.8 Å². The van der Waals surface area contributed by atoms with E-state index in [1.165, 1.54) is 18.6 Å². The third kappa shape index (κ3) is 4.34. The fourth-order valence-corrected chi connectivity index (χ4v) is 2.36. The third-order valence-corrected chi connectivity index (χ3v) is 3.32. The molecule has 0 aromatic heterocycles. The molecular formula is C10H21NOS. The second-order valence-electron chi connectivity index (χ2n) is 3.70. The maximum Gasteiger partial charge on any atom is 0.0507 e. The summed E-state index contributed by atoms with van der Waals surface area (Å²) < 4.78 is 5.34. The summed E-state index contributed by atoms with van der Waals surface area (Å²) in [7, 11) is 0. The van der Waals surface area contributed by atoms with Gasteiger partial charge in [0.1, 0.15) is 0 Å². The molecule has 0 aromatic rings. The molecule has 13 heavy (non-hydrogen) atoms. The van der Waals surface area contributed by atoms with E-state index in [1.54, 1.807) is 0 Å². The molecule has 0 saturated carbocycles. The second kappa shape index (κ2) is 6.68. The van der Waals surface area contributed by atoms with Crippen LogP contribution in [0.3, 0.4) is 0 Å². The highest BCUT2D eigenvalue weighted by Crippen LogP contribution is 2.11. The van der Waals surface area contributed by atoms with Crippen molar-refractivity contribution >= 4 is 11.8 Å². The molecule has 2 atom stereocenters. The predicted molar refractivity (Wildman–Crippen MR) is 59.4 cm³/mol. The Kier molecular flexibility index (Phi) is 5.83. The number of thioether (sulfide) groups is 1. The molecule has 0 aromatic carbocycles. The monoisotopic (exact) mass is 203 g/mol. The van der Waals surface area contributed by atoms with Gasteiger partial charge in [0.25, 0.3) is 0 Å². The molecule has 0 spiro atoms. The molecule has 78 valence electrons. The Morgan fingerprint density at radius 3 is 3.00 bits per heavy atom. The molecule has 1 N–H and O–H groups in total. The lowest BCUT2D eigenvalue weighted by Gasteiger charge is -2.17. The van der Waals surface area contributed by atoms with Gasteiger partial charge in [0.2, 0.25) is 0 Å². The van der Waals surface area contributed by atoms with Crippen LogP contribution in [0.1, 0.15) is 19.8 Å². The van der Waals surface area contributed by atoms with Crippen molar-refractivity contribution in [3.8, 4) is 0 Å². The molecule has 1 aliphatic rings. The molecule has 0 radical (unpaired) electrons. The standard InChI is InChI=1S/C10H21NOS/c1-3-10(8-13-2)11-6-9-4-5-12-7-9/h9-11H,3-8H2,1-2H3. The largest absolute Gasteiger partial charge is 0.381 e. The number of hydrogen-bond donors (Lipinski definition) is 1. The van der Waals surface area contributed by atoms with Gasteiger partial charge < -0.3 is 10.1 Å². The highest BCUT2D eigenvalue weighted by molar-refractivity contribution is 7.98. The molecular weight excluding hydrogens is 182 g/mol. The van der Waals surface area contributed by atoms with E-state index in [-0.39, 0.29) is 0 Å². The second-order valence-corrected chi connectivity index (χ2v) is 4.61. The van der Waals surface area contributed by atoms with Crippen LogP contribution in [-0.4, -0.2) is 37.8 Å². The van der Waals surface area contributed by atoms with Gasteiger partial charge in [0, 0.05) is 24.9 Å². The predicted octanol–water partition coefficient (Wildman–Crippen LogP) is 1.75. The van der Waals surface area contributed by atoms with Crippen molar-refractivity contribution in [3.05, 3.63) is 0 Å². The first kappa shape index (κ1) is 11.3. The molecule has 1 heterocycles. The SMILES string of the molecule is CCC(CSC)NCC1CCOC1. The van der Waals surface area contributed by atoms with E-state index in [4.69, 9.17) is 4.74 Å². The Balaban J connectivity index is 2.07. The van der Waals surface area contributed by atoms with Crippen molar-refractivity contribution in [2.24, 2.45) is 5.92 Å². The van der Waals surface area contributed by atoms with Crippen LogP contribution in [0.4, 0.5) is 0 Å². The van der Waals surface area contributed by atoms with Gasteiger partial charge in [-0.25, -0.2) is 0 Å². The lowest BCUT2D eigenvalue weighted by molar-refractivity contribution is 0.184. The summed E-state index contributed by atoms with van der Waals surface area (Å²) >= 11 is 1.92. The van der Waals surface area contributed by atoms with Crippen LogP contribution in [0.5, 0.6) is 0 Å². The minimum Gasteiger partial charge on any atom is -0.381 e. The summed E-state index contributed by atoms with van der Waals surface area (Å²) in [5.74, 6) is 1.99. The number of ether oxygens (including phenoxy) is 1. The number of nitrogens with one attached hydrogen (secondary N) is 1. The van der Waals surface area contributed by atoms with Gasteiger partial charge >= 0.3 is 0 Å². The van der Waals surface area contributed by atoms with Gasteiger partial charge in [-0.15, -0.1) is 0 Å².